The van der Waals surface area contributed by atoms with E-state index in [4.69, 9.17) is 9.47 Å². The summed E-state index contributed by atoms with van der Waals surface area (Å²) >= 11 is 0. The van der Waals surface area contributed by atoms with Crippen LogP contribution in [0.3, 0.4) is 0 Å². The minimum Gasteiger partial charge on any atom is -0.737 e. The zero-order valence-electron chi connectivity index (χ0n) is 12.6. The van der Waals surface area contributed by atoms with Crippen molar-refractivity contribution in [3.63, 3.8) is 0 Å². The lowest BCUT2D eigenvalue weighted by Crippen LogP contribution is -2.21. The molecule has 118 valence electrons. The first kappa shape index (κ1) is 15.9. The van der Waals surface area contributed by atoms with Crippen LogP contribution in [0.25, 0.3) is 0 Å². The Kier molecular flexibility index (Phi) is 5.42. The summed E-state index contributed by atoms with van der Waals surface area (Å²) in [5.41, 5.74) is 0.650. The zero-order valence-corrected chi connectivity index (χ0v) is 12.6. The van der Waals surface area contributed by atoms with Gasteiger partial charge in [-0.1, -0.05) is 13.3 Å². The van der Waals surface area contributed by atoms with Crippen molar-refractivity contribution >= 4 is 11.8 Å². The number of unbranched alkanes of at least 4 members (excludes halogenated alkanes) is 1. The van der Waals surface area contributed by atoms with Crippen LogP contribution in [0.5, 0.6) is 0 Å². The van der Waals surface area contributed by atoms with E-state index in [2.05, 4.69) is 10.2 Å². The summed E-state index contributed by atoms with van der Waals surface area (Å²) in [4.78, 5) is 12.5. The average Bonchev–Trinajstić information content (AvgIpc) is 2.49. The first-order chi connectivity index (χ1) is 10.7. The lowest BCUT2D eigenvalue weighted by molar-refractivity contribution is -0.501. The van der Waals surface area contributed by atoms with Crippen molar-refractivity contribution in [2.75, 3.05) is 13.2 Å². The van der Waals surface area contributed by atoms with Crippen LogP contribution in [0.4, 0.5) is 0 Å². The molecule has 0 aromatic heterocycles. The molecule has 0 radical (unpaired) electrons. The average molecular weight is 306 g/mol. The first-order valence-electron chi connectivity index (χ1n) is 7.13. The van der Waals surface area contributed by atoms with Gasteiger partial charge in [0, 0.05) is 18.4 Å². The van der Waals surface area contributed by atoms with Crippen molar-refractivity contribution in [2.45, 2.75) is 26.7 Å². The highest BCUT2D eigenvalue weighted by atomic mass is 16.5. The van der Waals surface area contributed by atoms with Gasteiger partial charge in [0.1, 0.15) is 5.57 Å². The van der Waals surface area contributed by atoms with Crippen LogP contribution in [0.2, 0.25) is 0 Å². The molecule has 2 rings (SSSR count). The molecular weight excluding hydrogens is 288 g/mol. The van der Waals surface area contributed by atoms with Gasteiger partial charge in [0.2, 0.25) is 5.90 Å². The van der Waals surface area contributed by atoms with Crippen LogP contribution in [0, 0.1) is 10.1 Å². The fraction of sp³-hybridized carbons (Fsp3) is 0.429. The fourth-order valence-electron chi connectivity index (χ4n) is 1.81. The molecule has 0 aromatic carbocycles. The number of nitroso groups, excluding NO2 is 1. The Balaban J connectivity index is 2.24. The fourth-order valence-corrected chi connectivity index (χ4v) is 1.81. The number of ether oxygens (including phenoxy) is 2. The highest BCUT2D eigenvalue weighted by Crippen LogP contribution is 2.20. The van der Waals surface area contributed by atoms with Gasteiger partial charge in [-0.3, -0.25) is 0 Å². The Morgan fingerprint density at radius 2 is 2.09 bits per heavy atom. The molecule has 0 fully saturated rings. The maximum atomic E-state index is 12.0. The van der Waals surface area contributed by atoms with E-state index in [1.54, 1.807) is 19.1 Å². The molecule has 0 bridgehead atoms. The highest BCUT2D eigenvalue weighted by molar-refractivity contribution is 5.98. The van der Waals surface area contributed by atoms with Gasteiger partial charge in [-0.2, -0.15) is 0 Å². The van der Waals surface area contributed by atoms with Crippen molar-refractivity contribution in [3.05, 3.63) is 45.8 Å². The minimum absolute atomic E-state index is 0.113. The summed E-state index contributed by atoms with van der Waals surface area (Å²) < 4.78 is 10.7. The lowest BCUT2D eigenvalue weighted by Gasteiger charge is -2.24. The highest BCUT2D eigenvalue weighted by Gasteiger charge is 2.29. The number of rotatable bonds is 4. The molecule has 0 atom stereocenters. The number of nitrogens with zero attached hydrogens (tertiary/aromatic N) is 4. The molecule has 0 saturated heterocycles. The second kappa shape index (κ2) is 7.51. The summed E-state index contributed by atoms with van der Waals surface area (Å²) in [6.45, 7) is 4.67. The van der Waals surface area contributed by atoms with Crippen molar-refractivity contribution in [3.8, 4) is 0 Å². The molecule has 0 aliphatic carbocycles. The predicted molar refractivity (Wildman–Crippen MR) is 81.5 cm³/mol. The normalized spacial score (nSPS) is 20.9. The molecule has 2 heterocycles. The van der Waals surface area contributed by atoms with Gasteiger partial charge in [0.15, 0.2) is 4.87 Å². The molecule has 2 aliphatic rings. The first-order valence-corrected chi connectivity index (χ1v) is 7.13. The van der Waals surface area contributed by atoms with Crippen LogP contribution < -0.4 is 0 Å². The lowest BCUT2D eigenvalue weighted by atomic mass is 10.1. The smallest absolute Gasteiger partial charge is 0.308 e. The van der Waals surface area contributed by atoms with E-state index in [-0.39, 0.29) is 17.5 Å². The summed E-state index contributed by atoms with van der Waals surface area (Å²) in [6.07, 6.45) is 7.61. The molecule has 0 N–H and O–H groups in total. The molecule has 8 heteroatoms. The number of allylic oxidation sites excluding steroid dienone is 1. The van der Waals surface area contributed by atoms with Crippen molar-refractivity contribution < 1.29 is 14.3 Å². The Bertz CT molecular complexity index is 590. The maximum absolute atomic E-state index is 12.0. The van der Waals surface area contributed by atoms with Gasteiger partial charge in [0.05, 0.1) is 23.2 Å². The molecular formula is C14H18N4O4. The summed E-state index contributed by atoms with van der Waals surface area (Å²) in [7, 11) is 0. The Hall–Kier alpha value is -2.48. The van der Waals surface area contributed by atoms with Gasteiger partial charge < -0.3 is 19.9 Å². The molecule has 2 aliphatic heterocycles. The van der Waals surface area contributed by atoms with E-state index in [1.165, 1.54) is 12.3 Å². The Morgan fingerprint density at radius 1 is 1.27 bits per heavy atom. The van der Waals surface area contributed by atoms with E-state index in [1.807, 2.05) is 6.92 Å². The summed E-state index contributed by atoms with van der Waals surface area (Å²) in [5, 5.41) is 19.2. The standard InChI is InChI=1S/C14H18N4O4/c1-3-5-10-22-14-11(8-9-17(19)16-14)12-6-7-13(21-4-2)15-18(12)20/h6-9H,3-5,10H2,1-2H3. The second-order valence-electron chi connectivity index (χ2n) is 4.50. The predicted octanol–water partition coefficient (Wildman–Crippen LogP) is 2.40. The van der Waals surface area contributed by atoms with Crippen molar-refractivity contribution in [1.29, 1.82) is 0 Å². The van der Waals surface area contributed by atoms with Gasteiger partial charge >= 0.3 is 5.70 Å². The molecule has 0 unspecified atom stereocenters. The molecule has 8 nitrogen and oxygen atoms in total. The third-order valence-corrected chi connectivity index (χ3v) is 2.87. The SMILES string of the molecule is CCCCOC1=NN([O-])C=CC1=C1C=CC(OCC)=N[N+]1=O. The van der Waals surface area contributed by atoms with Crippen LogP contribution in [0.1, 0.15) is 26.7 Å². The van der Waals surface area contributed by atoms with Gasteiger partial charge in [-0.25, -0.2) is 0 Å². The molecule has 0 amide bonds. The van der Waals surface area contributed by atoms with E-state index in [0.29, 0.717) is 28.8 Å². The van der Waals surface area contributed by atoms with Crippen LogP contribution in [0.15, 0.2) is 45.9 Å². The topological polar surface area (TPSA) is 89.6 Å². The zero-order chi connectivity index (χ0) is 15.9. The summed E-state index contributed by atoms with van der Waals surface area (Å²) in [6, 6.07) is 0. The number of hydrazone groups is 2. The number of hydrogen-bond acceptors (Lipinski definition) is 6. The van der Waals surface area contributed by atoms with E-state index >= 15 is 0 Å². The summed E-state index contributed by atoms with van der Waals surface area (Å²) in [5.74, 6) is 0.346. The van der Waals surface area contributed by atoms with Crippen molar-refractivity contribution in [2.24, 2.45) is 10.2 Å². The molecule has 0 spiro atoms. The van der Waals surface area contributed by atoms with Gasteiger partial charge in [-0.15, -0.1) is 5.10 Å². The molecule has 22 heavy (non-hydrogen) atoms. The van der Waals surface area contributed by atoms with Crippen molar-refractivity contribution in [1.82, 2.24) is 5.17 Å². The van der Waals surface area contributed by atoms with E-state index in [0.717, 1.165) is 12.8 Å². The number of hydrogen-bond donors (Lipinski definition) is 0. The van der Waals surface area contributed by atoms with E-state index in [9.17, 15) is 10.1 Å². The maximum Gasteiger partial charge on any atom is 0.308 e. The van der Waals surface area contributed by atoms with Gasteiger partial charge in [0.25, 0.3) is 5.90 Å². The monoisotopic (exact) mass is 306 g/mol. The Labute approximate surface area is 128 Å². The van der Waals surface area contributed by atoms with Crippen LogP contribution >= 0.6 is 0 Å². The van der Waals surface area contributed by atoms with Crippen LogP contribution in [-0.4, -0.2) is 35.1 Å². The molecule has 0 saturated carbocycles. The number of hydroxylamine groups is 1. The molecule has 0 aromatic rings. The van der Waals surface area contributed by atoms with Crippen LogP contribution in [-0.2, 0) is 9.47 Å². The minimum atomic E-state index is 0.113. The Morgan fingerprint density at radius 3 is 2.77 bits per heavy atom. The quantitative estimate of drug-likeness (QED) is 0.587. The van der Waals surface area contributed by atoms with E-state index < -0.39 is 0 Å². The second-order valence-corrected chi connectivity index (χ2v) is 4.50. The third-order valence-electron chi connectivity index (χ3n) is 2.87. The van der Waals surface area contributed by atoms with Gasteiger partial charge in [-0.05, 0) is 19.4 Å². The third kappa shape index (κ3) is 3.79. The largest absolute Gasteiger partial charge is 0.737 e.